The van der Waals surface area contributed by atoms with Gasteiger partial charge in [0.15, 0.2) is 17.3 Å². The maximum atomic E-state index is 12.4. The van der Waals surface area contributed by atoms with E-state index in [1.165, 1.54) is 19.3 Å². The molecule has 7 heteroatoms. The first-order valence-corrected chi connectivity index (χ1v) is 10.00. The number of carbonyl (C=O) groups excluding carboxylic acids is 2. The highest BCUT2D eigenvalue weighted by Crippen LogP contribution is 2.37. The smallest absolute Gasteiger partial charge is 0.248 e. The molecule has 31 heavy (non-hydrogen) atoms. The summed E-state index contributed by atoms with van der Waals surface area (Å²) in [6, 6.07) is 16.9. The van der Waals surface area contributed by atoms with E-state index < -0.39 is 5.91 Å². The van der Waals surface area contributed by atoms with Gasteiger partial charge in [-0.1, -0.05) is 53.5 Å². The third kappa shape index (κ3) is 5.87. The summed E-state index contributed by atoms with van der Waals surface area (Å²) in [5.74, 6) is -0.0536. The number of rotatable bonds is 8. The van der Waals surface area contributed by atoms with Gasteiger partial charge in [-0.15, -0.1) is 0 Å². The van der Waals surface area contributed by atoms with Gasteiger partial charge in [0.05, 0.1) is 12.1 Å². The fraction of sp³-hybridized carbons (Fsp3) is 0.0833. The Labute approximate surface area is 190 Å². The van der Waals surface area contributed by atoms with Gasteiger partial charge in [0, 0.05) is 16.1 Å². The Balaban J connectivity index is 1.78. The van der Waals surface area contributed by atoms with Crippen LogP contribution < -0.4 is 15.2 Å². The molecule has 0 saturated heterocycles. The van der Waals surface area contributed by atoms with Gasteiger partial charge in [-0.25, -0.2) is 0 Å². The maximum Gasteiger partial charge on any atom is 0.248 e. The maximum absolute atomic E-state index is 12.4. The summed E-state index contributed by atoms with van der Waals surface area (Å²) in [4.78, 5) is 23.7. The predicted molar refractivity (Wildman–Crippen MR) is 122 cm³/mol. The molecule has 0 radical (unpaired) electrons. The van der Waals surface area contributed by atoms with E-state index in [-0.39, 0.29) is 18.0 Å². The van der Waals surface area contributed by atoms with Crippen molar-refractivity contribution in [3.05, 3.63) is 99.0 Å². The van der Waals surface area contributed by atoms with Crippen LogP contribution >= 0.6 is 23.2 Å². The molecule has 0 unspecified atom stereocenters. The standard InChI is InChI=1S/C24H19Cl2NO4/c1-30-22-12-15(8-9-21(28)17-5-3-6-18(13-17)24(27)29)11-20(26)23(22)31-14-16-4-2-7-19(25)10-16/h2-13H,14H2,1H3,(H2,27,29)/b9-8+. The van der Waals surface area contributed by atoms with Crippen LogP contribution in [0.2, 0.25) is 10.0 Å². The van der Waals surface area contributed by atoms with Gasteiger partial charge in [0.2, 0.25) is 5.91 Å². The van der Waals surface area contributed by atoms with E-state index in [1.807, 2.05) is 12.1 Å². The molecule has 3 rings (SSSR count). The number of methoxy groups -OCH3 is 1. The van der Waals surface area contributed by atoms with Crippen LogP contribution in [-0.4, -0.2) is 18.8 Å². The summed E-state index contributed by atoms with van der Waals surface area (Å²) >= 11 is 12.4. The Morgan fingerprint density at radius 3 is 2.45 bits per heavy atom. The van der Waals surface area contributed by atoms with E-state index in [0.29, 0.717) is 32.7 Å². The van der Waals surface area contributed by atoms with Crippen LogP contribution in [0.25, 0.3) is 6.08 Å². The van der Waals surface area contributed by atoms with Crippen LogP contribution in [0.1, 0.15) is 31.8 Å². The molecule has 0 aliphatic heterocycles. The minimum absolute atomic E-state index is 0.264. The number of allylic oxidation sites excluding steroid dienone is 1. The molecule has 0 fully saturated rings. The molecule has 2 N–H and O–H groups in total. The molecule has 0 heterocycles. The second-order valence-electron chi connectivity index (χ2n) is 6.60. The lowest BCUT2D eigenvalue weighted by atomic mass is 10.1. The normalized spacial score (nSPS) is 10.8. The molecule has 3 aromatic carbocycles. The van der Waals surface area contributed by atoms with Crippen molar-refractivity contribution in [1.29, 1.82) is 0 Å². The zero-order valence-corrected chi connectivity index (χ0v) is 18.1. The van der Waals surface area contributed by atoms with E-state index >= 15 is 0 Å². The predicted octanol–water partition coefficient (Wildman–Crippen LogP) is 5.58. The van der Waals surface area contributed by atoms with E-state index in [4.69, 9.17) is 38.4 Å². The average Bonchev–Trinajstić information content (AvgIpc) is 2.76. The number of primary amides is 1. The number of hydrogen-bond donors (Lipinski definition) is 1. The van der Waals surface area contributed by atoms with Crippen LogP contribution in [0.5, 0.6) is 11.5 Å². The van der Waals surface area contributed by atoms with Gasteiger partial charge >= 0.3 is 0 Å². The van der Waals surface area contributed by atoms with Crippen molar-refractivity contribution in [3.63, 3.8) is 0 Å². The summed E-state index contributed by atoms with van der Waals surface area (Å²) < 4.78 is 11.2. The topological polar surface area (TPSA) is 78.6 Å². The quantitative estimate of drug-likeness (QED) is 0.355. The van der Waals surface area contributed by atoms with Crippen molar-refractivity contribution in [1.82, 2.24) is 0 Å². The Hall–Kier alpha value is -3.28. The van der Waals surface area contributed by atoms with E-state index in [2.05, 4.69) is 0 Å². The van der Waals surface area contributed by atoms with Gasteiger partial charge in [0.25, 0.3) is 0 Å². The van der Waals surface area contributed by atoms with Gasteiger partial charge in [0.1, 0.15) is 6.61 Å². The molecule has 0 aliphatic carbocycles. The van der Waals surface area contributed by atoms with Gasteiger partial charge in [-0.3, -0.25) is 9.59 Å². The lowest BCUT2D eigenvalue weighted by Gasteiger charge is -2.13. The van der Waals surface area contributed by atoms with Crippen molar-refractivity contribution in [2.45, 2.75) is 6.61 Å². The SMILES string of the molecule is COc1cc(/C=C/C(=O)c2cccc(C(N)=O)c2)cc(Cl)c1OCc1cccc(Cl)c1. The van der Waals surface area contributed by atoms with Crippen molar-refractivity contribution in [3.8, 4) is 11.5 Å². The average molecular weight is 456 g/mol. The Morgan fingerprint density at radius 1 is 1.00 bits per heavy atom. The Bertz CT molecular complexity index is 1160. The van der Waals surface area contributed by atoms with E-state index in [0.717, 1.165) is 5.56 Å². The lowest BCUT2D eigenvalue weighted by Crippen LogP contribution is -2.11. The van der Waals surface area contributed by atoms with Crippen LogP contribution in [0, 0.1) is 0 Å². The third-order valence-corrected chi connectivity index (χ3v) is 4.90. The minimum atomic E-state index is -0.594. The molecule has 3 aromatic rings. The summed E-state index contributed by atoms with van der Waals surface area (Å²) in [5, 5.41) is 0.954. The van der Waals surface area contributed by atoms with Crippen LogP contribution in [0.3, 0.4) is 0 Å². The van der Waals surface area contributed by atoms with Gasteiger partial charge in [-0.05, 0) is 53.6 Å². The van der Waals surface area contributed by atoms with E-state index in [9.17, 15) is 9.59 Å². The first kappa shape index (κ1) is 22.4. The van der Waals surface area contributed by atoms with Crippen molar-refractivity contribution >= 4 is 41.0 Å². The monoisotopic (exact) mass is 455 g/mol. The fourth-order valence-electron chi connectivity index (χ4n) is 2.85. The Kier molecular flexibility index (Phi) is 7.34. The number of amides is 1. The minimum Gasteiger partial charge on any atom is -0.493 e. The van der Waals surface area contributed by atoms with Crippen molar-refractivity contribution in [2.24, 2.45) is 5.73 Å². The Morgan fingerprint density at radius 2 is 1.74 bits per heavy atom. The molecule has 5 nitrogen and oxygen atoms in total. The second kappa shape index (κ2) is 10.2. The number of ether oxygens (including phenoxy) is 2. The molecule has 0 saturated carbocycles. The lowest BCUT2D eigenvalue weighted by molar-refractivity contribution is 0.1000. The number of nitrogens with two attached hydrogens (primary N) is 1. The summed E-state index contributed by atoms with van der Waals surface area (Å²) in [7, 11) is 1.51. The highest BCUT2D eigenvalue weighted by Gasteiger charge is 2.12. The molecule has 0 bridgehead atoms. The molecule has 0 aromatic heterocycles. The molecule has 0 aliphatic rings. The third-order valence-electron chi connectivity index (χ3n) is 4.38. The van der Waals surface area contributed by atoms with Crippen LogP contribution in [0.4, 0.5) is 0 Å². The van der Waals surface area contributed by atoms with Gasteiger partial charge < -0.3 is 15.2 Å². The van der Waals surface area contributed by atoms with Crippen LogP contribution in [-0.2, 0) is 6.61 Å². The first-order chi connectivity index (χ1) is 14.9. The highest BCUT2D eigenvalue weighted by atomic mass is 35.5. The zero-order chi connectivity index (χ0) is 22.4. The van der Waals surface area contributed by atoms with Gasteiger partial charge in [-0.2, -0.15) is 0 Å². The van der Waals surface area contributed by atoms with E-state index in [1.54, 1.807) is 48.5 Å². The fourth-order valence-corrected chi connectivity index (χ4v) is 3.34. The molecule has 0 spiro atoms. The summed E-state index contributed by atoms with van der Waals surface area (Å²) in [6.07, 6.45) is 2.99. The summed E-state index contributed by atoms with van der Waals surface area (Å²) in [5.41, 5.74) is 7.42. The van der Waals surface area contributed by atoms with Crippen molar-refractivity contribution in [2.75, 3.05) is 7.11 Å². The molecule has 1 amide bonds. The molecule has 0 atom stereocenters. The number of ketones is 1. The second-order valence-corrected chi connectivity index (χ2v) is 7.44. The number of carbonyl (C=O) groups is 2. The highest BCUT2D eigenvalue weighted by molar-refractivity contribution is 6.32. The first-order valence-electron chi connectivity index (χ1n) is 9.24. The number of halogens is 2. The largest absolute Gasteiger partial charge is 0.493 e. The number of benzene rings is 3. The molecular formula is C24H19Cl2NO4. The van der Waals surface area contributed by atoms with Crippen LogP contribution in [0.15, 0.2) is 66.7 Å². The molecule has 158 valence electrons. The molecular weight excluding hydrogens is 437 g/mol. The zero-order valence-electron chi connectivity index (χ0n) is 16.6. The summed E-state index contributed by atoms with van der Waals surface area (Å²) in [6.45, 7) is 0.264. The van der Waals surface area contributed by atoms with Crippen molar-refractivity contribution < 1.29 is 19.1 Å². The number of hydrogen-bond acceptors (Lipinski definition) is 4.